The van der Waals surface area contributed by atoms with Crippen molar-refractivity contribution in [2.75, 3.05) is 23.4 Å². The van der Waals surface area contributed by atoms with Gasteiger partial charge in [-0.15, -0.1) is 0 Å². The highest BCUT2D eigenvalue weighted by Crippen LogP contribution is 2.30. The van der Waals surface area contributed by atoms with Gasteiger partial charge in [0.05, 0.1) is 12.3 Å². The Bertz CT molecular complexity index is 1480. The maximum atomic E-state index is 13.2. The molecule has 1 saturated heterocycles. The summed E-state index contributed by atoms with van der Waals surface area (Å²) in [5.41, 5.74) is 2.85. The fourth-order valence-electron chi connectivity index (χ4n) is 3.80. The minimum absolute atomic E-state index is 0.234. The average molecular weight is 532 g/mol. The van der Waals surface area contributed by atoms with Gasteiger partial charge in [0.1, 0.15) is 11.4 Å². The molecule has 9 nitrogen and oxygen atoms in total. The van der Waals surface area contributed by atoms with E-state index in [1.54, 1.807) is 43.3 Å². The number of carbonyl (C=O) groups is 4. The number of nitrogens with zero attached hydrogens (tertiary/aromatic N) is 1. The fourth-order valence-corrected chi connectivity index (χ4v) is 3.80. The van der Waals surface area contributed by atoms with E-state index >= 15 is 0 Å². The molecule has 3 aromatic carbocycles. The van der Waals surface area contributed by atoms with Gasteiger partial charge in [-0.25, -0.2) is 14.1 Å². The molecule has 200 valence electrons. The molecule has 1 heterocycles. The van der Waals surface area contributed by atoms with E-state index in [0.717, 1.165) is 16.0 Å². The summed E-state index contributed by atoms with van der Waals surface area (Å²) in [7, 11) is 0. The molecule has 4 rings (SSSR count). The van der Waals surface area contributed by atoms with Gasteiger partial charge in [-0.05, 0) is 92.1 Å². The Morgan fingerprint density at radius 2 is 1.69 bits per heavy atom. The number of carbonyl (C=O) groups excluding carboxylic acids is 4. The lowest BCUT2D eigenvalue weighted by Crippen LogP contribution is -2.54. The number of nitrogens with one attached hydrogen (secondary N) is 2. The van der Waals surface area contributed by atoms with E-state index in [9.17, 15) is 23.6 Å². The first-order chi connectivity index (χ1) is 18.7. The number of aryl methyl sites for hydroxylation is 2. The van der Waals surface area contributed by atoms with Gasteiger partial charge in [-0.2, -0.15) is 0 Å². The number of ether oxygens (including phenoxy) is 2. The van der Waals surface area contributed by atoms with Crippen molar-refractivity contribution >= 4 is 41.2 Å². The number of benzene rings is 3. The van der Waals surface area contributed by atoms with Gasteiger partial charge >= 0.3 is 6.03 Å². The van der Waals surface area contributed by atoms with Crippen LogP contribution < -0.4 is 25.0 Å². The summed E-state index contributed by atoms with van der Waals surface area (Å²) < 4.78 is 24.3. The molecule has 0 saturated carbocycles. The molecular formula is C29H26FN3O6. The van der Waals surface area contributed by atoms with Gasteiger partial charge in [0.2, 0.25) is 0 Å². The third kappa shape index (κ3) is 6.30. The highest BCUT2D eigenvalue weighted by molar-refractivity contribution is 6.39. The van der Waals surface area contributed by atoms with Crippen LogP contribution in [-0.2, 0) is 14.4 Å². The lowest BCUT2D eigenvalue weighted by molar-refractivity contribution is -0.122. The molecule has 5 amide bonds. The summed E-state index contributed by atoms with van der Waals surface area (Å²) >= 11 is 0. The molecule has 0 atom stereocenters. The second-order valence-electron chi connectivity index (χ2n) is 8.71. The Balaban J connectivity index is 1.54. The monoisotopic (exact) mass is 531 g/mol. The Morgan fingerprint density at radius 1 is 0.949 bits per heavy atom. The highest BCUT2D eigenvalue weighted by atomic mass is 19.1. The van der Waals surface area contributed by atoms with Gasteiger partial charge in [-0.1, -0.05) is 12.1 Å². The van der Waals surface area contributed by atoms with E-state index in [1.807, 2.05) is 13.8 Å². The third-order valence-electron chi connectivity index (χ3n) is 5.92. The molecule has 3 aromatic rings. The van der Waals surface area contributed by atoms with Crippen LogP contribution in [0.2, 0.25) is 0 Å². The number of hydrogen-bond acceptors (Lipinski definition) is 6. The second-order valence-corrected chi connectivity index (χ2v) is 8.71. The van der Waals surface area contributed by atoms with E-state index in [-0.39, 0.29) is 30.3 Å². The van der Waals surface area contributed by atoms with Crippen LogP contribution >= 0.6 is 0 Å². The zero-order chi connectivity index (χ0) is 28.1. The Hall–Kier alpha value is -4.99. The van der Waals surface area contributed by atoms with Crippen molar-refractivity contribution in [1.29, 1.82) is 0 Å². The van der Waals surface area contributed by atoms with Crippen molar-refractivity contribution < 1.29 is 33.0 Å². The lowest BCUT2D eigenvalue weighted by atomic mass is 10.0. The Morgan fingerprint density at radius 3 is 2.38 bits per heavy atom. The summed E-state index contributed by atoms with van der Waals surface area (Å²) in [5, 5.41) is 4.81. The largest absolute Gasteiger partial charge is 0.490 e. The van der Waals surface area contributed by atoms with Crippen LogP contribution in [-0.4, -0.2) is 37.0 Å². The summed E-state index contributed by atoms with van der Waals surface area (Å²) in [6, 6.07) is 14.3. The van der Waals surface area contributed by atoms with Crippen molar-refractivity contribution in [3.63, 3.8) is 0 Å². The van der Waals surface area contributed by atoms with E-state index in [0.29, 0.717) is 16.9 Å². The highest BCUT2D eigenvalue weighted by Gasteiger charge is 2.37. The number of barbiturate groups is 1. The van der Waals surface area contributed by atoms with Crippen LogP contribution in [0.3, 0.4) is 0 Å². The topological polar surface area (TPSA) is 114 Å². The molecule has 0 radical (unpaired) electrons. The van der Waals surface area contributed by atoms with Crippen molar-refractivity contribution in [3.8, 4) is 11.5 Å². The van der Waals surface area contributed by atoms with E-state index < -0.39 is 29.6 Å². The minimum Gasteiger partial charge on any atom is -0.490 e. The SMILES string of the molecule is CCOc1cc(/C=C2/C(=O)NC(=O)N(c3ccc(C)c(C)c3)C2=O)ccc1OCC(=O)Nc1ccc(F)cc1. The number of halogens is 1. The Labute approximate surface area is 224 Å². The van der Waals surface area contributed by atoms with Crippen molar-refractivity contribution in [3.05, 3.63) is 88.7 Å². The Kier molecular flexibility index (Phi) is 8.04. The standard InChI is InChI=1S/C29H26FN3O6/c1-4-38-25-15-19(6-12-24(25)39-16-26(34)31-21-9-7-20(30)8-10-21)14-23-27(35)32-29(37)33(28(23)36)22-11-5-17(2)18(3)13-22/h5-15H,4,16H2,1-3H3,(H,31,34)(H,32,35,37)/b23-14-. The first-order valence-corrected chi connectivity index (χ1v) is 12.1. The summed E-state index contributed by atoms with van der Waals surface area (Å²) in [5.74, 6) is -1.91. The molecule has 1 fully saturated rings. The van der Waals surface area contributed by atoms with Gasteiger partial charge < -0.3 is 14.8 Å². The normalized spacial score (nSPS) is 14.3. The molecule has 0 aromatic heterocycles. The molecule has 0 bridgehead atoms. The quantitative estimate of drug-likeness (QED) is 0.326. The molecule has 0 aliphatic carbocycles. The number of amides is 5. The zero-order valence-electron chi connectivity index (χ0n) is 21.5. The number of hydrogen-bond donors (Lipinski definition) is 2. The second kappa shape index (κ2) is 11.6. The first-order valence-electron chi connectivity index (χ1n) is 12.1. The average Bonchev–Trinajstić information content (AvgIpc) is 2.89. The smallest absolute Gasteiger partial charge is 0.335 e. The maximum Gasteiger partial charge on any atom is 0.335 e. The van der Waals surface area contributed by atoms with Crippen molar-refractivity contribution in [1.82, 2.24) is 5.32 Å². The zero-order valence-corrected chi connectivity index (χ0v) is 21.5. The number of rotatable bonds is 8. The molecule has 2 N–H and O–H groups in total. The van der Waals surface area contributed by atoms with Gasteiger partial charge in [0, 0.05) is 5.69 Å². The molecular weight excluding hydrogens is 505 g/mol. The van der Waals surface area contributed by atoms with Crippen LogP contribution in [0.15, 0.2) is 66.2 Å². The van der Waals surface area contributed by atoms with E-state index in [1.165, 1.54) is 30.3 Å². The lowest BCUT2D eigenvalue weighted by Gasteiger charge is -2.27. The molecule has 10 heteroatoms. The van der Waals surface area contributed by atoms with Gasteiger partial charge in [-0.3, -0.25) is 19.7 Å². The third-order valence-corrected chi connectivity index (χ3v) is 5.92. The molecule has 0 spiro atoms. The summed E-state index contributed by atoms with van der Waals surface area (Å²) in [6.07, 6.45) is 1.35. The van der Waals surface area contributed by atoms with Crippen LogP contribution in [0, 0.1) is 19.7 Å². The van der Waals surface area contributed by atoms with Crippen LogP contribution in [0.25, 0.3) is 6.08 Å². The maximum absolute atomic E-state index is 13.2. The predicted molar refractivity (Wildman–Crippen MR) is 143 cm³/mol. The predicted octanol–water partition coefficient (Wildman–Crippen LogP) is 4.53. The minimum atomic E-state index is -0.830. The van der Waals surface area contributed by atoms with Crippen LogP contribution in [0.1, 0.15) is 23.6 Å². The summed E-state index contributed by atoms with van der Waals surface area (Å²) in [6.45, 7) is 5.48. The van der Waals surface area contributed by atoms with Crippen molar-refractivity contribution in [2.24, 2.45) is 0 Å². The fraction of sp³-hybridized carbons (Fsp3) is 0.172. The van der Waals surface area contributed by atoms with Gasteiger partial charge in [0.15, 0.2) is 18.1 Å². The number of imide groups is 2. The molecule has 0 unspecified atom stereocenters. The number of urea groups is 1. The molecule has 1 aliphatic heterocycles. The van der Waals surface area contributed by atoms with Crippen LogP contribution in [0.4, 0.5) is 20.6 Å². The van der Waals surface area contributed by atoms with Crippen LogP contribution in [0.5, 0.6) is 11.5 Å². The number of anilines is 2. The molecule has 1 aliphatic rings. The van der Waals surface area contributed by atoms with E-state index in [2.05, 4.69) is 10.6 Å². The van der Waals surface area contributed by atoms with Crippen molar-refractivity contribution in [2.45, 2.75) is 20.8 Å². The first kappa shape index (κ1) is 27.1. The van der Waals surface area contributed by atoms with Gasteiger partial charge in [0.25, 0.3) is 17.7 Å². The molecule has 39 heavy (non-hydrogen) atoms. The van der Waals surface area contributed by atoms with E-state index in [4.69, 9.17) is 9.47 Å². The summed E-state index contributed by atoms with van der Waals surface area (Å²) in [4.78, 5) is 51.5.